The number of nitrogens with two attached hydrogens (primary N) is 1. The summed E-state index contributed by atoms with van der Waals surface area (Å²) in [6.07, 6.45) is 3.62. The van der Waals surface area contributed by atoms with Crippen molar-refractivity contribution in [3.05, 3.63) is 34.4 Å². The molecule has 3 aromatic heterocycles. The smallest absolute Gasteiger partial charge is 0.319 e. The number of rotatable bonds is 5. The van der Waals surface area contributed by atoms with E-state index in [4.69, 9.17) is 20.4 Å². The number of alkyl halides is 1. The Hall–Kier alpha value is -3.42. The number of nitrogens with one attached hydrogen (secondary N) is 1. The first-order valence-corrected chi connectivity index (χ1v) is 15.4. The van der Waals surface area contributed by atoms with Crippen LogP contribution in [-0.4, -0.2) is 81.0 Å². The van der Waals surface area contributed by atoms with Crippen molar-refractivity contribution in [2.24, 2.45) is 7.05 Å². The molecule has 4 fully saturated rings. The normalized spacial score (nSPS) is 27.4. The standard InChI is InChI=1S/C29H32F2N8O2S/c1-37-21(18-5-6-19(31)24-23(18)35-27(32)42-24)9-20-22(26(37)40)25(38-12-16-3-4-17(13-38)33-16)36-28(34-20)41-14-29-7-2-8-39(29)11-15(30)10-29/h5-6,9,15-17,33H,2-4,7-8,10-14H2,1H3,(H2,32,35)/t15-,16?,17?,29+/m1/s1. The number of aromatic nitrogens is 4. The van der Waals surface area contributed by atoms with Crippen LogP contribution in [0.1, 0.15) is 32.1 Å². The van der Waals surface area contributed by atoms with E-state index in [0.29, 0.717) is 69.9 Å². The molecule has 4 aliphatic heterocycles. The number of pyridine rings is 1. The van der Waals surface area contributed by atoms with Gasteiger partial charge in [0.05, 0.1) is 27.0 Å². The van der Waals surface area contributed by atoms with E-state index in [1.54, 1.807) is 17.7 Å². The fourth-order valence-corrected chi connectivity index (χ4v) is 8.39. The predicted molar refractivity (Wildman–Crippen MR) is 158 cm³/mol. The number of fused-ring (bicyclic) bond motifs is 5. The molecule has 1 aromatic carbocycles. The molecule has 220 valence electrons. The van der Waals surface area contributed by atoms with Gasteiger partial charge in [-0.2, -0.15) is 9.97 Å². The zero-order chi connectivity index (χ0) is 28.7. The molecule has 2 unspecified atom stereocenters. The Morgan fingerprint density at radius 1 is 1.19 bits per heavy atom. The van der Waals surface area contributed by atoms with Gasteiger partial charge in [-0.1, -0.05) is 11.3 Å². The highest BCUT2D eigenvalue weighted by Crippen LogP contribution is 2.41. The molecule has 8 rings (SSSR count). The predicted octanol–water partition coefficient (Wildman–Crippen LogP) is 3.22. The number of hydrogen-bond acceptors (Lipinski definition) is 10. The summed E-state index contributed by atoms with van der Waals surface area (Å²) in [6.45, 7) is 3.04. The van der Waals surface area contributed by atoms with E-state index >= 15 is 0 Å². The number of piperazine rings is 1. The first-order chi connectivity index (χ1) is 20.3. The third-order valence-corrected chi connectivity index (χ3v) is 10.5. The van der Waals surface area contributed by atoms with E-state index in [1.165, 1.54) is 6.07 Å². The van der Waals surface area contributed by atoms with Gasteiger partial charge in [-0.05, 0) is 50.4 Å². The van der Waals surface area contributed by atoms with Gasteiger partial charge in [-0.15, -0.1) is 0 Å². The lowest BCUT2D eigenvalue weighted by molar-refractivity contribution is 0.107. The number of nitrogens with zero attached hydrogens (tertiary/aromatic N) is 6. The number of benzene rings is 1. The van der Waals surface area contributed by atoms with Gasteiger partial charge in [0, 0.05) is 50.7 Å². The molecule has 0 aliphatic carbocycles. The van der Waals surface area contributed by atoms with Gasteiger partial charge in [0.2, 0.25) is 0 Å². The van der Waals surface area contributed by atoms with Gasteiger partial charge in [0.25, 0.3) is 5.56 Å². The molecule has 13 heteroatoms. The summed E-state index contributed by atoms with van der Waals surface area (Å²) < 4.78 is 37.2. The van der Waals surface area contributed by atoms with Crippen LogP contribution >= 0.6 is 11.3 Å². The molecule has 4 atom stereocenters. The highest BCUT2D eigenvalue weighted by molar-refractivity contribution is 7.22. The van der Waals surface area contributed by atoms with E-state index < -0.39 is 12.0 Å². The number of anilines is 2. The molecule has 4 aliphatic rings. The van der Waals surface area contributed by atoms with Gasteiger partial charge in [0.1, 0.15) is 29.8 Å². The van der Waals surface area contributed by atoms with Crippen molar-refractivity contribution in [2.45, 2.75) is 55.9 Å². The number of ether oxygens (including phenoxy) is 1. The van der Waals surface area contributed by atoms with Crippen molar-refractivity contribution in [1.29, 1.82) is 0 Å². The average molecular weight is 595 g/mol. The molecular weight excluding hydrogens is 562 g/mol. The molecule has 0 amide bonds. The number of thiazole rings is 1. The summed E-state index contributed by atoms with van der Waals surface area (Å²) in [5, 5.41) is 4.30. The van der Waals surface area contributed by atoms with E-state index in [9.17, 15) is 13.6 Å². The van der Waals surface area contributed by atoms with E-state index in [0.717, 1.165) is 56.7 Å². The molecule has 0 spiro atoms. The topological polar surface area (TPSA) is 114 Å². The van der Waals surface area contributed by atoms with Gasteiger partial charge in [-0.3, -0.25) is 9.69 Å². The maximum atomic E-state index is 14.6. The summed E-state index contributed by atoms with van der Waals surface area (Å²) in [5.74, 6) is 0.142. The minimum absolute atomic E-state index is 0.174. The first-order valence-electron chi connectivity index (χ1n) is 14.6. The largest absolute Gasteiger partial charge is 0.461 e. The minimum atomic E-state index is -0.865. The van der Waals surface area contributed by atoms with Crippen molar-refractivity contribution >= 4 is 43.4 Å². The second kappa shape index (κ2) is 9.55. The van der Waals surface area contributed by atoms with E-state index in [-0.39, 0.29) is 22.2 Å². The zero-order valence-corrected chi connectivity index (χ0v) is 24.1. The van der Waals surface area contributed by atoms with Gasteiger partial charge >= 0.3 is 6.01 Å². The maximum Gasteiger partial charge on any atom is 0.319 e. The lowest BCUT2D eigenvalue weighted by Gasteiger charge is -2.34. The fourth-order valence-electron chi connectivity index (χ4n) is 7.63. The van der Waals surface area contributed by atoms with Gasteiger partial charge in [0.15, 0.2) is 5.13 Å². The molecule has 2 bridgehead atoms. The summed E-state index contributed by atoms with van der Waals surface area (Å²) in [6, 6.07) is 5.64. The Kier molecular flexibility index (Phi) is 5.96. The Balaban J connectivity index is 1.27. The third kappa shape index (κ3) is 4.08. The molecule has 10 nitrogen and oxygen atoms in total. The lowest BCUT2D eigenvalue weighted by Crippen LogP contribution is -2.51. The third-order valence-electron chi connectivity index (χ3n) is 9.59. The first kappa shape index (κ1) is 26.2. The summed E-state index contributed by atoms with van der Waals surface area (Å²) >= 11 is 1.07. The summed E-state index contributed by atoms with van der Waals surface area (Å²) in [4.78, 5) is 32.4. The van der Waals surface area contributed by atoms with E-state index in [2.05, 4.69) is 20.1 Å². The molecular formula is C29H32F2N8O2S. The molecule has 4 aromatic rings. The maximum absolute atomic E-state index is 14.6. The van der Waals surface area contributed by atoms with Crippen molar-refractivity contribution in [3.8, 4) is 17.3 Å². The molecule has 4 saturated heterocycles. The number of hydrogen-bond donors (Lipinski definition) is 2. The minimum Gasteiger partial charge on any atom is -0.461 e. The van der Waals surface area contributed by atoms with Gasteiger partial charge in [-0.25, -0.2) is 13.8 Å². The van der Waals surface area contributed by atoms with Crippen molar-refractivity contribution < 1.29 is 13.5 Å². The quantitative estimate of drug-likeness (QED) is 0.360. The molecule has 3 N–H and O–H groups in total. The second-order valence-corrected chi connectivity index (χ2v) is 13.2. The van der Waals surface area contributed by atoms with Crippen LogP contribution in [0.15, 0.2) is 23.0 Å². The summed E-state index contributed by atoms with van der Waals surface area (Å²) in [7, 11) is 1.69. The summed E-state index contributed by atoms with van der Waals surface area (Å²) in [5.41, 5.74) is 7.30. The van der Waals surface area contributed by atoms with Crippen LogP contribution < -0.4 is 26.2 Å². The van der Waals surface area contributed by atoms with Crippen LogP contribution in [-0.2, 0) is 7.05 Å². The number of halogens is 2. The molecule has 42 heavy (non-hydrogen) atoms. The van der Waals surface area contributed by atoms with Gasteiger partial charge < -0.3 is 25.3 Å². The lowest BCUT2D eigenvalue weighted by atomic mass is 9.95. The Morgan fingerprint density at radius 2 is 2.00 bits per heavy atom. The van der Waals surface area contributed by atoms with Crippen LogP contribution in [0.3, 0.4) is 0 Å². The monoisotopic (exact) mass is 594 g/mol. The van der Waals surface area contributed by atoms with Crippen LogP contribution in [0.25, 0.3) is 32.4 Å². The van der Waals surface area contributed by atoms with E-state index in [1.807, 2.05) is 6.07 Å². The average Bonchev–Trinajstić information content (AvgIpc) is 3.71. The van der Waals surface area contributed by atoms with Crippen LogP contribution in [0.4, 0.5) is 19.7 Å². The Morgan fingerprint density at radius 3 is 2.81 bits per heavy atom. The molecule has 0 saturated carbocycles. The Bertz CT molecular complexity index is 1780. The highest BCUT2D eigenvalue weighted by atomic mass is 32.1. The fraction of sp³-hybridized carbons (Fsp3) is 0.517. The van der Waals surface area contributed by atoms with Crippen LogP contribution in [0.5, 0.6) is 6.01 Å². The number of nitrogen functional groups attached to an aromatic ring is 1. The SMILES string of the molecule is Cn1c(-c2ccc(F)c3sc(N)nc23)cc2nc(OC[C@@]34CCCN3C[C@H](F)C4)nc(N3CC4CCC(C3)N4)c2c1=O. The highest BCUT2D eigenvalue weighted by Gasteiger charge is 2.49. The zero-order valence-electron chi connectivity index (χ0n) is 23.3. The Labute approximate surface area is 244 Å². The molecule has 7 heterocycles. The van der Waals surface area contributed by atoms with Crippen molar-refractivity contribution in [2.75, 3.05) is 43.4 Å². The van der Waals surface area contributed by atoms with Crippen LogP contribution in [0.2, 0.25) is 0 Å². The van der Waals surface area contributed by atoms with Crippen LogP contribution in [0, 0.1) is 5.82 Å². The van der Waals surface area contributed by atoms with Crippen molar-refractivity contribution in [1.82, 2.24) is 29.7 Å². The van der Waals surface area contributed by atoms with Crippen molar-refractivity contribution in [3.63, 3.8) is 0 Å². The molecule has 0 radical (unpaired) electrons. The second-order valence-electron chi connectivity index (χ2n) is 12.2.